The van der Waals surface area contributed by atoms with E-state index in [4.69, 9.17) is 10.5 Å². The van der Waals surface area contributed by atoms with E-state index in [0.29, 0.717) is 17.0 Å². The highest BCUT2D eigenvalue weighted by atomic mass is 16.5. The van der Waals surface area contributed by atoms with Gasteiger partial charge in [0.25, 0.3) is 0 Å². The van der Waals surface area contributed by atoms with Crippen LogP contribution in [0.4, 0.5) is 0 Å². The maximum Gasteiger partial charge on any atom is 0.250 e. The molecule has 3 N–H and O–H groups in total. The van der Waals surface area contributed by atoms with Crippen molar-refractivity contribution in [3.8, 4) is 28.0 Å². The first-order chi connectivity index (χ1) is 14.7. The summed E-state index contributed by atoms with van der Waals surface area (Å²) in [5.41, 5.74) is 11.0. The van der Waals surface area contributed by atoms with Crippen LogP contribution in [0, 0.1) is 0 Å². The molecule has 7 heteroatoms. The minimum absolute atomic E-state index is 0.355. The average Bonchev–Trinajstić information content (AvgIpc) is 3.21. The maximum absolute atomic E-state index is 11.6. The first-order valence-corrected chi connectivity index (χ1v) is 9.30. The summed E-state index contributed by atoms with van der Waals surface area (Å²) in [5, 5.41) is 1.74. The fraction of sp³-hybridized carbons (Fsp3) is 0.0435. The van der Waals surface area contributed by atoms with Gasteiger partial charge in [0, 0.05) is 52.9 Å². The Bertz CT molecular complexity index is 1410. The van der Waals surface area contributed by atoms with Gasteiger partial charge in [-0.05, 0) is 41.5 Å². The molecule has 1 amide bonds. The van der Waals surface area contributed by atoms with Gasteiger partial charge in [-0.1, -0.05) is 6.07 Å². The fourth-order valence-corrected chi connectivity index (χ4v) is 3.68. The summed E-state index contributed by atoms with van der Waals surface area (Å²) in [4.78, 5) is 27.9. The molecule has 0 unspecified atom stereocenters. The Hall–Kier alpha value is -4.26. The number of aromatic amines is 1. The van der Waals surface area contributed by atoms with Crippen molar-refractivity contribution in [3.05, 3.63) is 72.9 Å². The number of carbonyl (C=O) groups is 1. The number of ether oxygens (including phenoxy) is 1. The van der Waals surface area contributed by atoms with Gasteiger partial charge in [0.05, 0.1) is 12.7 Å². The fourth-order valence-electron chi connectivity index (χ4n) is 3.68. The van der Waals surface area contributed by atoms with Gasteiger partial charge in [-0.3, -0.25) is 14.8 Å². The number of methoxy groups -OCH3 is 1. The molecular formula is C23H17N5O2. The molecule has 1 aromatic carbocycles. The van der Waals surface area contributed by atoms with Gasteiger partial charge >= 0.3 is 0 Å². The number of nitrogens with two attached hydrogens (primary N) is 1. The summed E-state index contributed by atoms with van der Waals surface area (Å²) in [7, 11) is 1.62. The highest BCUT2D eigenvalue weighted by Crippen LogP contribution is 2.38. The van der Waals surface area contributed by atoms with Crippen LogP contribution in [0.1, 0.15) is 10.4 Å². The van der Waals surface area contributed by atoms with Crippen molar-refractivity contribution in [2.24, 2.45) is 5.73 Å². The number of nitrogens with one attached hydrogen (secondary N) is 1. The number of hydrogen-bond donors (Lipinski definition) is 2. The smallest absolute Gasteiger partial charge is 0.250 e. The zero-order valence-electron chi connectivity index (χ0n) is 16.1. The molecule has 0 saturated carbocycles. The quantitative estimate of drug-likeness (QED) is 0.479. The number of hydrogen-bond acceptors (Lipinski definition) is 5. The molecule has 0 spiro atoms. The zero-order chi connectivity index (χ0) is 20.7. The van der Waals surface area contributed by atoms with Crippen LogP contribution >= 0.6 is 0 Å². The van der Waals surface area contributed by atoms with E-state index >= 15 is 0 Å². The predicted octanol–water partition coefficient (Wildman–Crippen LogP) is 3.95. The molecule has 4 aromatic heterocycles. The van der Waals surface area contributed by atoms with Crippen LogP contribution in [0.2, 0.25) is 0 Å². The van der Waals surface area contributed by atoms with Gasteiger partial charge in [0.15, 0.2) is 0 Å². The zero-order valence-corrected chi connectivity index (χ0v) is 16.1. The van der Waals surface area contributed by atoms with Crippen LogP contribution in [0.15, 0.2) is 67.4 Å². The molecule has 4 heterocycles. The van der Waals surface area contributed by atoms with Crippen molar-refractivity contribution in [2.45, 2.75) is 0 Å². The number of amides is 1. The summed E-state index contributed by atoms with van der Waals surface area (Å²) in [6, 6.07) is 11.6. The molecule has 0 aliphatic heterocycles. The first kappa shape index (κ1) is 17.8. The van der Waals surface area contributed by atoms with E-state index in [2.05, 4.69) is 26.0 Å². The number of pyridine rings is 3. The molecule has 0 saturated heterocycles. The second kappa shape index (κ2) is 6.97. The van der Waals surface area contributed by atoms with Crippen LogP contribution in [0.25, 0.3) is 44.2 Å². The Morgan fingerprint density at radius 3 is 2.67 bits per heavy atom. The summed E-state index contributed by atoms with van der Waals surface area (Å²) >= 11 is 0. The van der Waals surface area contributed by atoms with Crippen molar-refractivity contribution in [1.29, 1.82) is 0 Å². The number of aromatic nitrogens is 4. The lowest BCUT2D eigenvalue weighted by molar-refractivity contribution is 0.1000. The SMILES string of the molecule is COc1cc(-c2c[nH]c3ncc(C(N)=O)cc23)cc2c(-c3cccnc3)ccnc12. The van der Waals surface area contributed by atoms with E-state index in [-0.39, 0.29) is 0 Å². The molecule has 0 radical (unpaired) electrons. The van der Waals surface area contributed by atoms with E-state index in [1.54, 1.807) is 25.6 Å². The molecular weight excluding hydrogens is 378 g/mol. The van der Waals surface area contributed by atoms with E-state index in [1.165, 1.54) is 6.20 Å². The minimum atomic E-state index is -0.518. The molecule has 0 bridgehead atoms. The molecule has 146 valence electrons. The second-order valence-electron chi connectivity index (χ2n) is 6.86. The van der Waals surface area contributed by atoms with Crippen LogP contribution in [-0.4, -0.2) is 33.0 Å². The van der Waals surface area contributed by atoms with E-state index in [1.807, 2.05) is 36.7 Å². The molecule has 7 nitrogen and oxygen atoms in total. The number of primary amides is 1. The lowest BCUT2D eigenvalue weighted by atomic mass is 9.97. The van der Waals surface area contributed by atoms with Crippen molar-refractivity contribution < 1.29 is 9.53 Å². The topological polar surface area (TPSA) is 107 Å². The number of benzene rings is 1. The molecule has 30 heavy (non-hydrogen) atoms. The van der Waals surface area contributed by atoms with Gasteiger partial charge in [-0.25, -0.2) is 4.98 Å². The lowest BCUT2D eigenvalue weighted by Gasteiger charge is -2.12. The van der Waals surface area contributed by atoms with Crippen LogP contribution in [0.5, 0.6) is 5.75 Å². The van der Waals surface area contributed by atoms with Crippen LogP contribution in [0.3, 0.4) is 0 Å². The Morgan fingerprint density at radius 2 is 1.90 bits per heavy atom. The molecule has 5 aromatic rings. The molecule has 0 fully saturated rings. The van der Waals surface area contributed by atoms with Gasteiger partial charge in [-0.2, -0.15) is 0 Å². The van der Waals surface area contributed by atoms with Gasteiger partial charge in [0.2, 0.25) is 5.91 Å². The monoisotopic (exact) mass is 395 g/mol. The number of nitrogens with zero attached hydrogens (tertiary/aromatic N) is 3. The highest BCUT2D eigenvalue weighted by Gasteiger charge is 2.15. The third-order valence-electron chi connectivity index (χ3n) is 5.13. The average molecular weight is 395 g/mol. The summed E-state index contributed by atoms with van der Waals surface area (Å²) < 4.78 is 5.65. The second-order valence-corrected chi connectivity index (χ2v) is 6.86. The molecule has 0 aliphatic carbocycles. The van der Waals surface area contributed by atoms with Gasteiger partial charge < -0.3 is 15.5 Å². The Morgan fingerprint density at radius 1 is 1.00 bits per heavy atom. The number of rotatable bonds is 4. The maximum atomic E-state index is 11.6. The molecule has 0 atom stereocenters. The van der Waals surface area contributed by atoms with Gasteiger partial charge in [0.1, 0.15) is 16.9 Å². The number of fused-ring (bicyclic) bond motifs is 2. The van der Waals surface area contributed by atoms with Crippen LogP contribution < -0.4 is 10.5 Å². The predicted molar refractivity (Wildman–Crippen MR) is 115 cm³/mol. The highest BCUT2D eigenvalue weighted by molar-refractivity contribution is 6.04. The third kappa shape index (κ3) is 2.84. The number of carbonyl (C=O) groups excluding carboxylic acids is 1. The lowest BCUT2D eigenvalue weighted by Crippen LogP contribution is -2.10. The Labute approximate surface area is 171 Å². The largest absolute Gasteiger partial charge is 0.494 e. The Kier molecular flexibility index (Phi) is 4.14. The standard InChI is InChI=1S/C23H17N5O2/c1-30-20-9-14(19-12-28-23-18(19)8-15(11-27-23)22(24)29)7-17-16(4-6-26-21(17)20)13-3-2-5-25-10-13/h2-12H,1H3,(H2,24,29)(H,27,28). The minimum Gasteiger partial charge on any atom is -0.494 e. The van der Waals surface area contributed by atoms with Crippen LogP contribution in [-0.2, 0) is 0 Å². The summed E-state index contributed by atoms with van der Waals surface area (Å²) in [6.07, 6.45) is 8.66. The van der Waals surface area contributed by atoms with E-state index < -0.39 is 5.91 Å². The van der Waals surface area contributed by atoms with Gasteiger partial charge in [-0.15, -0.1) is 0 Å². The van der Waals surface area contributed by atoms with E-state index in [0.717, 1.165) is 38.5 Å². The summed E-state index contributed by atoms with van der Waals surface area (Å²) in [5.74, 6) is 0.136. The Balaban J connectivity index is 1.80. The molecule has 0 aliphatic rings. The molecule has 5 rings (SSSR count). The normalized spacial score (nSPS) is 11.1. The van der Waals surface area contributed by atoms with Crippen molar-refractivity contribution >= 4 is 27.8 Å². The van der Waals surface area contributed by atoms with Crippen molar-refractivity contribution in [2.75, 3.05) is 7.11 Å². The summed E-state index contributed by atoms with van der Waals surface area (Å²) in [6.45, 7) is 0. The third-order valence-corrected chi connectivity index (χ3v) is 5.13. The van der Waals surface area contributed by atoms with Crippen molar-refractivity contribution in [1.82, 2.24) is 19.9 Å². The van der Waals surface area contributed by atoms with Crippen molar-refractivity contribution in [3.63, 3.8) is 0 Å². The first-order valence-electron chi connectivity index (χ1n) is 9.30. The number of H-pyrrole nitrogens is 1. The van der Waals surface area contributed by atoms with E-state index in [9.17, 15) is 4.79 Å².